The molecular weight excluding hydrogens is 281 g/mol. The van der Waals surface area contributed by atoms with E-state index in [1.807, 2.05) is 24.3 Å². The van der Waals surface area contributed by atoms with Crippen molar-refractivity contribution in [3.63, 3.8) is 0 Å². The Morgan fingerprint density at radius 2 is 2.18 bits per heavy atom. The SMILES string of the molecule is O=C(NCc1ccccn1)C1CNCC1c1cccc(F)c1. The van der Waals surface area contributed by atoms with Crippen molar-refractivity contribution in [2.75, 3.05) is 13.1 Å². The lowest BCUT2D eigenvalue weighted by atomic mass is 9.88. The molecule has 22 heavy (non-hydrogen) atoms. The van der Waals surface area contributed by atoms with E-state index in [-0.39, 0.29) is 23.6 Å². The summed E-state index contributed by atoms with van der Waals surface area (Å²) in [6, 6.07) is 12.1. The van der Waals surface area contributed by atoms with Gasteiger partial charge in [-0.3, -0.25) is 9.78 Å². The van der Waals surface area contributed by atoms with Crippen LogP contribution >= 0.6 is 0 Å². The Hall–Kier alpha value is -2.27. The quantitative estimate of drug-likeness (QED) is 0.906. The minimum absolute atomic E-state index is 0.000525. The van der Waals surface area contributed by atoms with E-state index in [1.165, 1.54) is 12.1 Å². The third-order valence-electron chi connectivity index (χ3n) is 4.00. The molecule has 114 valence electrons. The smallest absolute Gasteiger partial charge is 0.225 e. The molecule has 3 rings (SSSR count). The first kappa shape index (κ1) is 14.7. The summed E-state index contributed by atoms with van der Waals surface area (Å²) in [6.07, 6.45) is 1.70. The Morgan fingerprint density at radius 1 is 1.27 bits per heavy atom. The molecule has 0 bridgehead atoms. The van der Waals surface area contributed by atoms with E-state index in [2.05, 4.69) is 15.6 Å². The topological polar surface area (TPSA) is 54.0 Å². The molecule has 1 aliphatic heterocycles. The number of pyridine rings is 1. The number of halogens is 1. The van der Waals surface area contributed by atoms with Gasteiger partial charge in [-0.15, -0.1) is 0 Å². The Kier molecular flexibility index (Phi) is 4.44. The van der Waals surface area contributed by atoms with Crippen LogP contribution in [0.5, 0.6) is 0 Å². The van der Waals surface area contributed by atoms with Crippen LogP contribution in [0.4, 0.5) is 4.39 Å². The summed E-state index contributed by atoms with van der Waals surface area (Å²) in [7, 11) is 0. The first-order valence-electron chi connectivity index (χ1n) is 7.38. The van der Waals surface area contributed by atoms with Gasteiger partial charge in [-0.05, 0) is 29.8 Å². The van der Waals surface area contributed by atoms with Crippen LogP contribution in [0.15, 0.2) is 48.7 Å². The molecule has 2 unspecified atom stereocenters. The average molecular weight is 299 g/mol. The number of nitrogens with one attached hydrogen (secondary N) is 2. The van der Waals surface area contributed by atoms with Crippen LogP contribution in [0.2, 0.25) is 0 Å². The number of aromatic nitrogens is 1. The summed E-state index contributed by atoms with van der Waals surface area (Å²) >= 11 is 0. The Bertz CT molecular complexity index is 647. The minimum atomic E-state index is -0.267. The van der Waals surface area contributed by atoms with E-state index in [9.17, 15) is 9.18 Å². The van der Waals surface area contributed by atoms with Crippen LogP contribution in [0.25, 0.3) is 0 Å². The molecule has 1 aliphatic rings. The number of hydrogen-bond donors (Lipinski definition) is 2. The Balaban J connectivity index is 1.66. The molecule has 1 fully saturated rings. The molecule has 1 aromatic heterocycles. The maximum atomic E-state index is 13.4. The number of carbonyl (C=O) groups is 1. The van der Waals surface area contributed by atoms with E-state index in [1.54, 1.807) is 12.3 Å². The largest absolute Gasteiger partial charge is 0.350 e. The van der Waals surface area contributed by atoms with Gasteiger partial charge in [-0.1, -0.05) is 18.2 Å². The summed E-state index contributed by atoms with van der Waals surface area (Å²) < 4.78 is 13.4. The van der Waals surface area contributed by atoms with Crippen molar-refractivity contribution in [1.29, 1.82) is 0 Å². The standard InChI is InChI=1S/C17H18FN3O/c18-13-5-3-4-12(8-13)15-10-19-11-16(15)17(22)21-9-14-6-1-2-7-20-14/h1-8,15-16,19H,9-11H2,(H,21,22). The van der Waals surface area contributed by atoms with Crippen molar-refractivity contribution in [3.8, 4) is 0 Å². The maximum absolute atomic E-state index is 13.4. The summed E-state index contributed by atoms with van der Waals surface area (Å²) in [5, 5.41) is 6.14. The minimum Gasteiger partial charge on any atom is -0.350 e. The van der Waals surface area contributed by atoms with Gasteiger partial charge in [0, 0.05) is 25.2 Å². The number of hydrogen-bond acceptors (Lipinski definition) is 3. The van der Waals surface area contributed by atoms with E-state index in [0.717, 1.165) is 11.3 Å². The lowest BCUT2D eigenvalue weighted by molar-refractivity contribution is -0.125. The molecule has 1 aromatic carbocycles. The third-order valence-corrected chi connectivity index (χ3v) is 4.00. The zero-order valence-corrected chi connectivity index (χ0v) is 12.1. The van der Waals surface area contributed by atoms with Gasteiger partial charge in [-0.2, -0.15) is 0 Å². The number of amides is 1. The fourth-order valence-electron chi connectivity index (χ4n) is 2.85. The molecule has 0 spiro atoms. The van der Waals surface area contributed by atoms with Crippen LogP contribution in [0.1, 0.15) is 17.2 Å². The zero-order chi connectivity index (χ0) is 15.4. The van der Waals surface area contributed by atoms with Gasteiger partial charge in [0.1, 0.15) is 5.82 Å². The van der Waals surface area contributed by atoms with Gasteiger partial charge in [0.25, 0.3) is 0 Å². The number of carbonyl (C=O) groups excluding carboxylic acids is 1. The van der Waals surface area contributed by atoms with Crippen LogP contribution in [0.3, 0.4) is 0 Å². The van der Waals surface area contributed by atoms with Gasteiger partial charge in [0.2, 0.25) is 5.91 Å². The van der Waals surface area contributed by atoms with Gasteiger partial charge >= 0.3 is 0 Å². The highest BCUT2D eigenvalue weighted by molar-refractivity contribution is 5.80. The predicted molar refractivity (Wildman–Crippen MR) is 81.6 cm³/mol. The molecule has 2 atom stereocenters. The van der Waals surface area contributed by atoms with Crippen molar-refractivity contribution >= 4 is 5.91 Å². The predicted octanol–water partition coefficient (Wildman–Crippen LogP) is 1.84. The highest BCUT2D eigenvalue weighted by Gasteiger charge is 2.33. The number of rotatable bonds is 4. The van der Waals surface area contributed by atoms with Crippen molar-refractivity contribution in [1.82, 2.24) is 15.6 Å². The van der Waals surface area contributed by atoms with E-state index < -0.39 is 0 Å². The van der Waals surface area contributed by atoms with Crippen molar-refractivity contribution in [2.45, 2.75) is 12.5 Å². The molecule has 0 aliphatic carbocycles. The van der Waals surface area contributed by atoms with Crippen LogP contribution in [-0.4, -0.2) is 24.0 Å². The van der Waals surface area contributed by atoms with E-state index in [0.29, 0.717) is 19.6 Å². The maximum Gasteiger partial charge on any atom is 0.225 e. The Morgan fingerprint density at radius 3 is 2.95 bits per heavy atom. The van der Waals surface area contributed by atoms with Gasteiger partial charge in [0.05, 0.1) is 18.2 Å². The molecule has 4 nitrogen and oxygen atoms in total. The fraction of sp³-hybridized carbons (Fsp3) is 0.294. The number of nitrogens with zero attached hydrogens (tertiary/aromatic N) is 1. The van der Waals surface area contributed by atoms with Crippen molar-refractivity contribution in [3.05, 3.63) is 65.7 Å². The van der Waals surface area contributed by atoms with Crippen LogP contribution in [-0.2, 0) is 11.3 Å². The lowest BCUT2D eigenvalue weighted by Crippen LogP contribution is -2.34. The summed E-state index contributed by atoms with van der Waals surface area (Å²) in [6.45, 7) is 1.70. The molecule has 0 radical (unpaired) electrons. The lowest BCUT2D eigenvalue weighted by Gasteiger charge is -2.18. The highest BCUT2D eigenvalue weighted by Crippen LogP contribution is 2.28. The van der Waals surface area contributed by atoms with Gasteiger partial charge < -0.3 is 10.6 Å². The molecule has 2 N–H and O–H groups in total. The van der Waals surface area contributed by atoms with Crippen LogP contribution in [0, 0.1) is 11.7 Å². The normalized spacial score (nSPS) is 20.8. The molecule has 2 heterocycles. The van der Waals surface area contributed by atoms with E-state index in [4.69, 9.17) is 0 Å². The molecule has 2 aromatic rings. The average Bonchev–Trinajstić information content (AvgIpc) is 3.03. The highest BCUT2D eigenvalue weighted by atomic mass is 19.1. The van der Waals surface area contributed by atoms with Crippen molar-refractivity contribution < 1.29 is 9.18 Å². The summed E-state index contributed by atoms with van der Waals surface area (Å²) in [5.41, 5.74) is 1.69. The van der Waals surface area contributed by atoms with Gasteiger partial charge in [0.15, 0.2) is 0 Å². The zero-order valence-electron chi connectivity index (χ0n) is 12.1. The number of benzene rings is 1. The first-order valence-corrected chi connectivity index (χ1v) is 7.38. The second-order valence-electron chi connectivity index (χ2n) is 5.47. The van der Waals surface area contributed by atoms with Gasteiger partial charge in [-0.25, -0.2) is 4.39 Å². The van der Waals surface area contributed by atoms with Crippen molar-refractivity contribution in [2.24, 2.45) is 5.92 Å². The molecule has 1 saturated heterocycles. The second kappa shape index (κ2) is 6.66. The monoisotopic (exact) mass is 299 g/mol. The second-order valence-corrected chi connectivity index (χ2v) is 5.47. The molecule has 1 amide bonds. The Labute approximate surface area is 128 Å². The summed E-state index contributed by atoms with van der Waals surface area (Å²) in [5.74, 6) is -0.480. The fourth-order valence-corrected chi connectivity index (χ4v) is 2.85. The molecular formula is C17H18FN3O. The molecule has 0 saturated carbocycles. The van der Waals surface area contributed by atoms with Crippen LogP contribution < -0.4 is 10.6 Å². The first-order chi connectivity index (χ1) is 10.7. The molecule has 5 heteroatoms. The summed E-state index contributed by atoms with van der Waals surface area (Å²) in [4.78, 5) is 16.6. The van der Waals surface area contributed by atoms with E-state index >= 15 is 0 Å². The third kappa shape index (κ3) is 3.31.